The van der Waals surface area contributed by atoms with Crippen molar-refractivity contribution in [1.29, 1.82) is 0 Å². The average molecular weight is 397 g/mol. The van der Waals surface area contributed by atoms with Gasteiger partial charge in [0.15, 0.2) is 0 Å². The fourth-order valence-corrected chi connectivity index (χ4v) is 3.83. The van der Waals surface area contributed by atoms with Crippen molar-refractivity contribution < 1.29 is 15.5 Å². The molecule has 3 nitrogen and oxygen atoms in total. The summed E-state index contributed by atoms with van der Waals surface area (Å²) in [7, 11) is -3.45. The predicted octanol–water partition coefficient (Wildman–Crippen LogP) is 5.94. The van der Waals surface area contributed by atoms with E-state index in [-0.39, 0.29) is 46.3 Å². The molecule has 1 aromatic rings. The first kappa shape index (κ1) is 25.2. The van der Waals surface area contributed by atoms with Gasteiger partial charge in [-0.1, -0.05) is 95.8 Å². The van der Waals surface area contributed by atoms with E-state index >= 15 is 0 Å². The zero-order chi connectivity index (χ0) is 17.5. The SMILES string of the molecule is CCCCCCCCCCCCCCS(=O)(=O)Oc1ccccc1.[Ca+2].[H-].[H-]. The van der Waals surface area contributed by atoms with Crippen molar-refractivity contribution in [3.63, 3.8) is 0 Å². The van der Waals surface area contributed by atoms with Crippen LogP contribution < -0.4 is 4.18 Å². The fraction of sp³-hybridized carbons (Fsp3) is 0.700. The van der Waals surface area contributed by atoms with E-state index in [0.29, 0.717) is 12.2 Å². The van der Waals surface area contributed by atoms with Crippen LogP contribution >= 0.6 is 0 Å². The van der Waals surface area contributed by atoms with Crippen LogP contribution in [-0.2, 0) is 10.1 Å². The summed E-state index contributed by atoms with van der Waals surface area (Å²) in [6.07, 6.45) is 14.8. The molecule has 0 aliphatic heterocycles. The molecule has 0 aliphatic carbocycles. The van der Waals surface area contributed by atoms with Gasteiger partial charge >= 0.3 is 47.9 Å². The van der Waals surface area contributed by atoms with Crippen LogP contribution in [0.1, 0.15) is 86.8 Å². The van der Waals surface area contributed by atoms with Crippen molar-refractivity contribution in [1.82, 2.24) is 0 Å². The number of rotatable bonds is 15. The summed E-state index contributed by atoms with van der Waals surface area (Å²) < 4.78 is 28.8. The Bertz CT molecular complexity index is 513. The molecule has 0 fully saturated rings. The summed E-state index contributed by atoms with van der Waals surface area (Å²) >= 11 is 0. The molecule has 0 N–H and O–H groups in total. The molecule has 0 amide bonds. The fourth-order valence-electron chi connectivity index (χ4n) is 2.78. The van der Waals surface area contributed by atoms with Crippen LogP contribution in [0.3, 0.4) is 0 Å². The molecule has 0 aromatic heterocycles. The Hall–Kier alpha value is 0.230. The van der Waals surface area contributed by atoms with Crippen molar-refractivity contribution in [2.45, 2.75) is 84.0 Å². The van der Waals surface area contributed by atoms with Gasteiger partial charge in [-0.15, -0.1) is 0 Å². The largest absolute Gasteiger partial charge is 2.00 e. The Labute approximate surface area is 188 Å². The van der Waals surface area contributed by atoms with E-state index in [1.54, 1.807) is 24.3 Å². The van der Waals surface area contributed by atoms with Gasteiger partial charge in [-0.3, -0.25) is 0 Å². The Balaban J connectivity index is -0.00000192. The molecule has 0 aliphatic rings. The van der Waals surface area contributed by atoms with Crippen molar-refractivity contribution in [3.05, 3.63) is 30.3 Å². The van der Waals surface area contributed by atoms with Gasteiger partial charge in [0.05, 0.1) is 5.75 Å². The quantitative estimate of drug-likeness (QED) is 0.209. The maximum Gasteiger partial charge on any atom is 2.00 e. The molecule has 0 heterocycles. The second-order valence-corrected chi connectivity index (χ2v) is 8.24. The Kier molecular flexibility index (Phi) is 16.6. The molecule has 0 saturated heterocycles. The number of unbranched alkanes of at least 4 members (excludes halogenated alkanes) is 11. The number of hydrogen-bond acceptors (Lipinski definition) is 3. The Morgan fingerprint density at radius 1 is 0.760 bits per heavy atom. The van der Waals surface area contributed by atoms with Gasteiger partial charge in [0.2, 0.25) is 0 Å². The molecule has 25 heavy (non-hydrogen) atoms. The topological polar surface area (TPSA) is 43.4 Å². The maximum atomic E-state index is 11.9. The van der Waals surface area contributed by atoms with Crippen LogP contribution in [0.15, 0.2) is 30.3 Å². The van der Waals surface area contributed by atoms with Gasteiger partial charge in [0.1, 0.15) is 5.75 Å². The molecule has 0 saturated carbocycles. The van der Waals surface area contributed by atoms with E-state index in [1.807, 2.05) is 6.07 Å². The van der Waals surface area contributed by atoms with E-state index in [9.17, 15) is 8.42 Å². The molecule has 0 bridgehead atoms. The first-order valence-corrected chi connectivity index (χ1v) is 11.2. The van der Waals surface area contributed by atoms with E-state index in [2.05, 4.69) is 6.92 Å². The Morgan fingerprint density at radius 2 is 1.20 bits per heavy atom. The van der Waals surface area contributed by atoms with E-state index in [1.165, 1.54) is 57.8 Å². The molecule has 0 radical (unpaired) electrons. The molecule has 0 unspecified atom stereocenters. The molecule has 142 valence electrons. The minimum Gasteiger partial charge on any atom is -1.00 e. The van der Waals surface area contributed by atoms with Crippen molar-refractivity contribution in [3.8, 4) is 5.75 Å². The monoisotopic (exact) mass is 396 g/mol. The van der Waals surface area contributed by atoms with Gasteiger partial charge < -0.3 is 7.04 Å². The van der Waals surface area contributed by atoms with Gasteiger partial charge in [-0.25, -0.2) is 0 Å². The van der Waals surface area contributed by atoms with E-state index < -0.39 is 10.1 Å². The third-order valence-corrected chi connectivity index (χ3v) is 5.45. The summed E-state index contributed by atoms with van der Waals surface area (Å²) in [6.45, 7) is 2.25. The van der Waals surface area contributed by atoms with Crippen LogP contribution in [0, 0.1) is 0 Å². The summed E-state index contributed by atoms with van der Waals surface area (Å²) in [5.74, 6) is 0.510. The van der Waals surface area contributed by atoms with Gasteiger partial charge in [-0.2, -0.15) is 8.42 Å². The van der Waals surface area contributed by atoms with Crippen LogP contribution in [0.2, 0.25) is 0 Å². The van der Waals surface area contributed by atoms with Crippen molar-refractivity contribution >= 4 is 47.9 Å². The molecule has 5 heteroatoms. The summed E-state index contributed by atoms with van der Waals surface area (Å²) in [5, 5.41) is 0. The average Bonchev–Trinajstić information content (AvgIpc) is 2.56. The smallest absolute Gasteiger partial charge is 1.00 e. The van der Waals surface area contributed by atoms with Crippen molar-refractivity contribution in [2.75, 3.05) is 5.75 Å². The normalized spacial score (nSPS) is 11.1. The minimum atomic E-state index is -3.45. The van der Waals surface area contributed by atoms with Crippen molar-refractivity contribution in [2.24, 2.45) is 0 Å². The van der Waals surface area contributed by atoms with Crippen LogP contribution in [-0.4, -0.2) is 51.9 Å². The predicted molar refractivity (Wildman–Crippen MR) is 110 cm³/mol. The molecule has 1 aromatic carbocycles. The second kappa shape index (κ2) is 16.4. The van der Waals surface area contributed by atoms with E-state index in [0.717, 1.165) is 12.8 Å². The molecule has 1 rings (SSSR count). The number of benzene rings is 1. The molecular formula is C20H36CaO3S. The van der Waals surface area contributed by atoms with Gasteiger partial charge in [-0.05, 0) is 18.6 Å². The van der Waals surface area contributed by atoms with Crippen LogP contribution in [0.25, 0.3) is 0 Å². The molecule has 0 atom stereocenters. The number of hydrogen-bond donors (Lipinski definition) is 0. The first-order valence-electron chi connectivity index (χ1n) is 9.61. The van der Waals surface area contributed by atoms with Crippen LogP contribution in [0.4, 0.5) is 0 Å². The molecule has 0 spiro atoms. The zero-order valence-electron chi connectivity index (χ0n) is 17.9. The third-order valence-electron chi connectivity index (χ3n) is 4.21. The van der Waals surface area contributed by atoms with Gasteiger partial charge in [0.25, 0.3) is 0 Å². The second-order valence-electron chi connectivity index (χ2n) is 6.55. The maximum absolute atomic E-state index is 11.9. The first-order chi connectivity index (χ1) is 11.6. The van der Waals surface area contributed by atoms with Gasteiger partial charge in [0, 0.05) is 0 Å². The standard InChI is InChI=1S/C20H34O3S.Ca.2H/c1-2-3-4-5-6-7-8-9-10-11-12-16-19-24(21,22)23-20-17-14-13-15-18-20;;;/h13-15,17-18H,2-12,16,19H2,1H3;;;/q;+2;2*-1. The molecular weight excluding hydrogens is 360 g/mol. The summed E-state index contributed by atoms with van der Waals surface area (Å²) in [4.78, 5) is 0. The Morgan fingerprint density at radius 3 is 1.68 bits per heavy atom. The number of para-hydroxylation sites is 1. The zero-order valence-corrected chi connectivity index (χ0v) is 18.9. The van der Waals surface area contributed by atoms with E-state index in [4.69, 9.17) is 4.18 Å². The summed E-state index contributed by atoms with van der Waals surface area (Å²) in [5.41, 5.74) is 0. The third kappa shape index (κ3) is 15.0. The van der Waals surface area contributed by atoms with Crippen LogP contribution in [0.5, 0.6) is 5.75 Å². The minimum absolute atomic E-state index is 0. The summed E-state index contributed by atoms with van der Waals surface area (Å²) in [6, 6.07) is 8.72.